The van der Waals surface area contributed by atoms with Crippen molar-refractivity contribution < 1.29 is 14.3 Å². The molecule has 1 amide bonds. The minimum absolute atomic E-state index is 0.0980. The highest BCUT2D eigenvalue weighted by Crippen LogP contribution is 2.38. The van der Waals surface area contributed by atoms with Gasteiger partial charge in [0.1, 0.15) is 18.8 Å². The molecule has 2 N–H and O–H groups in total. The quantitative estimate of drug-likeness (QED) is 0.886. The number of pyridine rings is 1. The third-order valence-corrected chi connectivity index (χ3v) is 3.94. The molecule has 0 fully saturated rings. The molecule has 24 heavy (non-hydrogen) atoms. The minimum Gasteiger partial charge on any atom is -0.486 e. The average molecular weight is 349 g/mol. The van der Waals surface area contributed by atoms with Gasteiger partial charge in [-0.15, -0.1) is 0 Å². The number of nitrogens with one attached hydrogen (secondary N) is 2. The Bertz CT molecular complexity index is 832. The highest BCUT2D eigenvalue weighted by Gasteiger charge is 2.17. The Balaban J connectivity index is 1.63. The zero-order valence-electron chi connectivity index (χ0n) is 13.1. The Morgan fingerprint density at radius 1 is 1.29 bits per heavy atom. The maximum Gasteiger partial charge on any atom is 0.260 e. The van der Waals surface area contributed by atoms with Crippen molar-refractivity contribution in [2.24, 2.45) is 0 Å². The van der Waals surface area contributed by atoms with Crippen LogP contribution in [-0.2, 0) is 6.42 Å². The number of aromatic nitrogens is 1. The Hall–Kier alpha value is -2.47. The van der Waals surface area contributed by atoms with Gasteiger partial charge in [-0.1, -0.05) is 11.6 Å². The van der Waals surface area contributed by atoms with Crippen LogP contribution in [0.4, 0.5) is 0 Å². The predicted octanol–water partition coefficient (Wildman–Crippen LogP) is 2.08. The van der Waals surface area contributed by atoms with E-state index in [1.807, 2.05) is 6.07 Å². The smallest absolute Gasteiger partial charge is 0.260 e. The Labute approximate surface area is 143 Å². The van der Waals surface area contributed by atoms with Crippen LogP contribution in [0.5, 0.6) is 11.5 Å². The molecule has 0 aliphatic carbocycles. The first-order valence-corrected chi connectivity index (χ1v) is 7.98. The van der Waals surface area contributed by atoms with E-state index < -0.39 is 11.5 Å². The third-order valence-electron chi connectivity index (χ3n) is 3.66. The molecule has 1 aliphatic rings. The van der Waals surface area contributed by atoms with Gasteiger partial charge in [-0.3, -0.25) is 9.59 Å². The second-order valence-electron chi connectivity index (χ2n) is 5.49. The maximum atomic E-state index is 12.1. The lowest BCUT2D eigenvalue weighted by Crippen LogP contribution is -2.31. The topological polar surface area (TPSA) is 80.4 Å². The van der Waals surface area contributed by atoms with Crippen molar-refractivity contribution >= 4 is 17.5 Å². The molecule has 0 spiro atoms. The van der Waals surface area contributed by atoms with E-state index in [4.69, 9.17) is 21.1 Å². The zero-order chi connectivity index (χ0) is 17.1. The molecular formula is C17H17ClN2O4. The summed E-state index contributed by atoms with van der Waals surface area (Å²) in [6.07, 6.45) is 0.561. The zero-order valence-corrected chi connectivity index (χ0v) is 13.9. The van der Waals surface area contributed by atoms with E-state index >= 15 is 0 Å². The molecule has 0 saturated heterocycles. The highest BCUT2D eigenvalue weighted by atomic mass is 35.5. The largest absolute Gasteiger partial charge is 0.486 e. The van der Waals surface area contributed by atoms with E-state index in [1.165, 1.54) is 6.07 Å². The van der Waals surface area contributed by atoms with Crippen LogP contribution in [0.15, 0.2) is 29.1 Å². The van der Waals surface area contributed by atoms with Gasteiger partial charge in [0.15, 0.2) is 11.5 Å². The molecule has 1 aromatic heterocycles. The summed E-state index contributed by atoms with van der Waals surface area (Å²) in [5, 5.41) is 3.22. The predicted molar refractivity (Wildman–Crippen MR) is 90.3 cm³/mol. The number of carbonyl (C=O) groups is 1. The molecule has 0 radical (unpaired) electrons. The highest BCUT2D eigenvalue weighted by molar-refractivity contribution is 6.32. The van der Waals surface area contributed by atoms with E-state index in [1.54, 1.807) is 19.1 Å². The van der Waals surface area contributed by atoms with Gasteiger partial charge < -0.3 is 19.8 Å². The van der Waals surface area contributed by atoms with Crippen molar-refractivity contribution in [2.45, 2.75) is 13.3 Å². The molecule has 0 saturated carbocycles. The number of carbonyl (C=O) groups excluding carboxylic acids is 1. The summed E-state index contributed by atoms with van der Waals surface area (Å²) in [5.74, 6) is 0.770. The van der Waals surface area contributed by atoms with Gasteiger partial charge in [-0.25, -0.2) is 0 Å². The van der Waals surface area contributed by atoms with Gasteiger partial charge in [0.2, 0.25) is 0 Å². The van der Waals surface area contributed by atoms with Crippen LogP contribution in [0.2, 0.25) is 5.02 Å². The first kappa shape index (κ1) is 16.4. The molecular weight excluding hydrogens is 332 g/mol. The molecule has 0 unspecified atom stereocenters. The lowest BCUT2D eigenvalue weighted by Gasteiger charge is -2.20. The van der Waals surface area contributed by atoms with Crippen LogP contribution in [0, 0.1) is 6.92 Å². The van der Waals surface area contributed by atoms with Crippen LogP contribution in [-0.4, -0.2) is 30.6 Å². The second-order valence-corrected chi connectivity index (χ2v) is 5.90. The first-order valence-electron chi connectivity index (χ1n) is 7.61. The minimum atomic E-state index is -0.403. The number of ether oxygens (including phenoxy) is 2. The fourth-order valence-corrected chi connectivity index (χ4v) is 2.76. The van der Waals surface area contributed by atoms with Gasteiger partial charge in [0, 0.05) is 12.2 Å². The summed E-state index contributed by atoms with van der Waals surface area (Å²) in [6.45, 7) is 3.10. The summed E-state index contributed by atoms with van der Waals surface area (Å²) in [6, 6.07) is 6.85. The Morgan fingerprint density at radius 3 is 2.88 bits per heavy atom. The molecule has 2 aromatic rings. The van der Waals surface area contributed by atoms with E-state index in [0.717, 1.165) is 5.56 Å². The molecule has 0 bridgehead atoms. The fourth-order valence-electron chi connectivity index (χ4n) is 2.48. The number of aryl methyl sites for hydroxylation is 1. The van der Waals surface area contributed by atoms with Crippen LogP contribution >= 0.6 is 11.6 Å². The van der Waals surface area contributed by atoms with Crippen molar-refractivity contribution in [3.8, 4) is 11.5 Å². The van der Waals surface area contributed by atoms with Gasteiger partial charge in [0.25, 0.3) is 11.5 Å². The number of H-pyrrole nitrogens is 1. The lowest BCUT2D eigenvalue weighted by molar-refractivity contribution is 0.0952. The van der Waals surface area contributed by atoms with Gasteiger partial charge in [-0.2, -0.15) is 0 Å². The van der Waals surface area contributed by atoms with Crippen molar-refractivity contribution in [1.82, 2.24) is 10.3 Å². The number of amides is 1. The monoisotopic (exact) mass is 348 g/mol. The fraction of sp³-hybridized carbons (Fsp3) is 0.294. The number of hydrogen-bond acceptors (Lipinski definition) is 4. The molecule has 1 aliphatic heterocycles. The second kappa shape index (κ2) is 6.97. The number of aromatic amines is 1. The van der Waals surface area contributed by atoms with E-state index in [-0.39, 0.29) is 5.56 Å². The number of rotatable bonds is 4. The van der Waals surface area contributed by atoms with Gasteiger partial charge >= 0.3 is 0 Å². The van der Waals surface area contributed by atoms with Crippen molar-refractivity contribution in [3.05, 3.63) is 56.5 Å². The van der Waals surface area contributed by atoms with Crippen LogP contribution < -0.4 is 20.3 Å². The van der Waals surface area contributed by atoms with Crippen molar-refractivity contribution in [3.63, 3.8) is 0 Å². The summed E-state index contributed by atoms with van der Waals surface area (Å²) < 4.78 is 11.0. The summed E-state index contributed by atoms with van der Waals surface area (Å²) >= 11 is 6.18. The maximum absolute atomic E-state index is 12.1. The molecule has 0 atom stereocenters. The third kappa shape index (κ3) is 3.54. The van der Waals surface area contributed by atoms with Crippen LogP contribution in [0.25, 0.3) is 0 Å². The standard InChI is InChI=1S/C17H17ClN2O4/c1-10-2-3-12(17(22)20-10)16(21)19-5-4-11-8-13(18)15-14(9-11)23-6-7-24-15/h2-3,8-9H,4-7H2,1H3,(H,19,21)(H,20,22). The molecule has 126 valence electrons. The molecule has 7 heteroatoms. The summed E-state index contributed by atoms with van der Waals surface area (Å²) in [7, 11) is 0. The van der Waals surface area contributed by atoms with Crippen LogP contribution in [0.3, 0.4) is 0 Å². The van der Waals surface area contributed by atoms with E-state index in [0.29, 0.717) is 48.4 Å². The molecule has 1 aromatic carbocycles. The normalized spacial score (nSPS) is 12.8. The number of halogens is 1. The Morgan fingerprint density at radius 2 is 2.08 bits per heavy atom. The summed E-state index contributed by atoms with van der Waals surface area (Å²) in [4.78, 5) is 26.4. The van der Waals surface area contributed by atoms with Gasteiger partial charge in [0.05, 0.1) is 5.02 Å². The molecule has 2 heterocycles. The lowest BCUT2D eigenvalue weighted by atomic mass is 10.1. The Kier molecular flexibility index (Phi) is 4.76. The van der Waals surface area contributed by atoms with Crippen molar-refractivity contribution in [1.29, 1.82) is 0 Å². The number of benzene rings is 1. The van der Waals surface area contributed by atoms with Crippen molar-refractivity contribution in [2.75, 3.05) is 19.8 Å². The van der Waals surface area contributed by atoms with E-state index in [2.05, 4.69) is 10.3 Å². The first-order chi connectivity index (χ1) is 11.5. The SMILES string of the molecule is Cc1ccc(C(=O)NCCc2cc(Cl)c3c(c2)OCCO3)c(=O)[nH]1. The molecule has 3 rings (SSSR count). The molecule has 6 nitrogen and oxygen atoms in total. The number of hydrogen-bond donors (Lipinski definition) is 2. The average Bonchev–Trinajstić information content (AvgIpc) is 2.55. The number of fused-ring (bicyclic) bond motifs is 1. The van der Waals surface area contributed by atoms with Gasteiger partial charge in [-0.05, 0) is 43.2 Å². The van der Waals surface area contributed by atoms with E-state index in [9.17, 15) is 9.59 Å². The van der Waals surface area contributed by atoms with Crippen LogP contribution in [0.1, 0.15) is 21.6 Å². The summed E-state index contributed by atoms with van der Waals surface area (Å²) in [5.41, 5.74) is 1.33.